The summed E-state index contributed by atoms with van der Waals surface area (Å²) in [6.45, 7) is 5.60. The van der Waals surface area contributed by atoms with E-state index in [4.69, 9.17) is 5.26 Å². The van der Waals surface area contributed by atoms with Gasteiger partial charge in [-0.25, -0.2) is 0 Å². The molecule has 0 radical (unpaired) electrons. The van der Waals surface area contributed by atoms with Crippen LogP contribution >= 0.6 is 0 Å². The van der Waals surface area contributed by atoms with Crippen molar-refractivity contribution in [1.82, 2.24) is 14.7 Å². The van der Waals surface area contributed by atoms with Crippen molar-refractivity contribution in [2.75, 3.05) is 46.8 Å². The normalized spacial score (nSPS) is 19.1. The lowest BCUT2D eigenvalue weighted by atomic mass is 10.2. The summed E-state index contributed by atoms with van der Waals surface area (Å²) < 4.78 is 0. The Hall–Kier alpha value is -1.12. The van der Waals surface area contributed by atoms with Gasteiger partial charge in [0.05, 0.1) is 18.7 Å². The van der Waals surface area contributed by atoms with Crippen LogP contribution in [0, 0.1) is 11.3 Å². The van der Waals surface area contributed by atoms with Crippen LogP contribution in [0.15, 0.2) is 0 Å². The van der Waals surface area contributed by atoms with Crippen molar-refractivity contribution in [2.24, 2.45) is 0 Å². The average Bonchev–Trinajstić information content (AvgIpc) is 2.30. The molecule has 1 aliphatic heterocycles. The second kappa shape index (κ2) is 6.58. The number of hydrogen-bond donors (Lipinski definition) is 0. The zero-order valence-corrected chi connectivity index (χ0v) is 11.0. The van der Waals surface area contributed by atoms with E-state index in [2.05, 4.69) is 11.0 Å². The number of carbonyl (C=O) groups is 1. The molecule has 5 nitrogen and oxygen atoms in total. The molecule has 1 amide bonds. The maximum absolute atomic E-state index is 11.8. The largest absolute Gasteiger partial charge is 0.339 e. The smallest absolute Gasteiger partial charge is 0.236 e. The number of piperazine rings is 1. The minimum absolute atomic E-state index is 0.00102. The van der Waals surface area contributed by atoms with Crippen molar-refractivity contribution < 1.29 is 4.79 Å². The van der Waals surface area contributed by atoms with E-state index in [1.807, 2.05) is 30.8 Å². The fourth-order valence-corrected chi connectivity index (χ4v) is 2.08. The molecule has 96 valence electrons. The second-order valence-electron chi connectivity index (χ2n) is 4.71. The first kappa shape index (κ1) is 13.9. The minimum Gasteiger partial charge on any atom is -0.339 e. The van der Waals surface area contributed by atoms with E-state index in [1.165, 1.54) is 0 Å². The lowest BCUT2D eigenvalue weighted by molar-refractivity contribution is -0.133. The van der Waals surface area contributed by atoms with Crippen molar-refractivity contribution in [2.45, 2.75) is 19.4 Å². The van der Waals surface area contributed by atoms with E-state index in [0.29, 0.717) is 6.54 Å². The Kier molecular flexibility index (Phi) is 5.39. The topological polar surface area (TPSA) is 50.6 Å². The SMILES string of the molecule is CCC(C#N)N1CCN(C(=O)CN(C)C)CC1. The summed E-state index contributed by atoms with van der Waals surface area (Å²) in [5, 5.41) is 8.99. The van der Waals surface area contributed by atoms with E-state index < -0.39 is 0 Å². The van der Waals surface area contributed by atoms with Gasteiger partial charge in [0.1, 0.15) is 0 Å². The number of nitrogens with zero attached hydrogens (tertiary/aromatic N) is 4. The first-order chi connectivity index (χ1) is 8.08. The van der Waals surface area contributed by atoms with Gasteiger partial charge in [-0.3, -0.25) is 9.69 Å². The summed E-state index contributed by atoms with van der Waals surface area (Å²) in [6, 6.07) is 2.31. The highest BCUT2D eigenvalue weighted by Crippen LogP contribution is 2.08. The molecule has 17 heavy (non-hydrogen) atoms. The summed E-state index contributed by atoms with van der Waals surface area (Å²) >= 11 is 0. The van der Waals surface area contributed by atoms with Crippen LogP contribution in [0.5, 0.6) is 0 Å². The van der Waals surface area contributed by atoms with Gasteiger partial charge in [0.15, 0.2) is 0 Å². The maximum atomic E-state index is 11.8. The molecule has 0 spiro atoms. The highest BCUT2D eigenvalue weighted by Gasteiger charge is 2.24. The van der Waals surface area contributed by atoms with Gasteiger partial charge in [-0.15, -0.1) is 0 Å². The number of hydrogen-bond acceptors (Lipinski definition) is 4. The van der Waals surface area contributed by atoms with Crippen molar-refractivity contribution in [3.05, 3.63) is 0 Å². The van der Waals surface area contributed by atoms with E-state index in [0.717, 1.165) is 32.6 Å². The van der Waals surface area contributed by atoms with Crippen LogP contribution in [0.1, 0.15) is 13.3 Å². The highest BCUT2D eigenvalue weighted by molar-refractivity contribution is 5.78. The maximum Gasteiger partial charge on any atom is 0.236 e. The Morgan fingerprint density at radius 1 is 1.35 bits per heavy atom. The Morgan fingerprint density at radius 3 is 2.35 bits per heavy atom. The van der Waals surface area contributed by atoms with E-state index in [1.54, 1.807) is 0 Å². The van der Waals surface area contributed by atoms with Crippen molar-refractivity contribution in [3.63, 3.8) is 0 Å². The Morgan fingerprint density at radius 2 is 1.94 bits per heavy atom. The summed E-state index contributed by atoms with van der Waals surface area (Å²) in [4.78, 5) is 17.8. The molecule has 1 rings (SSSR count). The molecule has 0 aromatic rings. The Labute approximate surface area is 104 Å². The van der Waals surface area contributed by atoms with Crippen LogP contribution in [0.25, 0.3) is 0 Å². The third-order valence-electron chi connectivity index (χ3n) is 3.09. The minimum atomic E-state index is 0.00102. The zero-order valence-electron chi connectivity index (χ0n) is 11.0. The molecule has 1 fully saturated rings. The average molecular weight is 238 g/mol. The highest BCUT2D eigenvalue weighted by atomic mass is 16.2. The van der Waals surface area contributed by atoms with Gasteiger partial charge in [0.25, 0.3) is 0 Å². The quantitative estimate of drug-likeness (QED) is 0.691. The second-order valence-corrected chi connectivity index (χ2v) is 4.71. The third-order valence-corrected chi connectivity index (χ3v) is 3.09. The molecular formula is C12H22N4O. The number of rotatable bonds is 4. The van der Waals surface area contributed by atoms with Crippen LogP contribution in [-0.4, -0.2) is 73.5 Å². The van der Waals surface area contributed by atoms with Gasteiger partial charge < -0.3 is 9.80 Å². The Balaban J connectivity index is 2.40. The molecule has 0 aliphatic carbocycles. The first-order valence-corrected chi connectivity index (χ1v) is 6.14. The summed E-state index contributed by atoms with van der Waals surface area (Å²) in [6.07, 6.45) is 0.849. The van der Waals surface area contributed by atoms with Crippen molar-refractivity contribution >= 4 is 5.91 Å². The van der Waals surface area contributed by atoms with Gasteiger partial charge >= 0.3 is 0 Å². The fourth-order valence-electron chi connectivity index (χ4n) is 2.08. The monoisotopic (exact) mass is 238 g/mol. The molecule has 0 N–H and O–H groups in total. The number of nitriles is 1. The van der Waals surface area contributed by atoms with E-state index in [-0.39, 0.29) is 11.9 Å². The molecule has 1 unspecified atom stereocenters. The van der Waals surface area contributed by atoms with Gasteiger partial charge in [-0.05, 0) is 20.5 Å². The molecule has 0 aromatic heterocycles. The predicted molar refractivity (Wildman–Crippen MR) is 66.4 cm³/mol. The van der Waals surface area contributed by atoms with Crippen molar-refractivity contribution in [3.8, 4) is 6.07 Å². The van der Waals surface area contributed by atoms with E-state index in [9.17, 15) is 4.79 Å². The van der Waals surface area contributed by atoms with Crippen molar-refractivity contribution in [1.29, 1.82) is 5.26 Å². The molecular weight excluding hydrogens is 216 g/mol. The van der Waals surface area contributed by atoms with Crippen LogP contribution in [0.3, 0.4) is 0 Å². The molecule has 5 heteroatoms. The van der Waals surface area contributed by atoms with Gasteiger partial charge in [-0.1, -0.05) is 6.92 Å². The van der Waals surface area contributed by atoms with E-state index >= 15 is 0 Å². The molecule has 1 atom stereocenters. The third kappa shape index (κ3) is 3.99. The molecule has 1 aliphatic rings. The predicted octanol–water partition coefficient (Wildman–Crippen LogP) is -0.00562. The lowest BCUT2D eigenvalue weighted by Gasteiger charge is -2.37. The number of carbonyl (C=O) groups excluding carboxylic acids is 1. The van der Waals surface area contributed by atoms with Crippen LogP contribution in [0.2, 0.25) is 0 Å². The summed E-state index contributed by atoms with van der Waals surface area (Å²) in [7, 11) is 3.80. The lowest BCUT2D eigenvalue weighted by Crippen LogP contribution is -2.53. The zero-order chi connectivity index (χ0) is 12.8. The molecule has 0 bridgehead atoms. The van der Waals surface area contributed by atoms with Crippen LogP contribution < -0.4 is 0 Å². The van der Waals surface area contributed by atoms with Crippen LogP contribution in [0.4, 0.5) is 0 Å². The van der Waals surface area contributed by atoms with Gasteiger partial charge in [0.2, 0.25) is 5.91 Å². The van der Waals surface area contributed by atoms with Gasteiger partial charge in [-0.2, -0.15) is 5.26 Å². The number of likely N-dealkylation sites (N-methyl/N-ethyl adjacent to an activating group) is 1. The standard InChI is InChI=1S/C12H22N4O/c1-4-11(9-13)15-5-7-16(8-6-15)12(17)10-14(2)3/h11H,4-8,10H2,1-3H3. The molecule has 1 saturated heterocycles. The summed E-state index contributed by atoms with van der Waals surface area (Å²) in [5.41, 5.74) is 0. The molecule has 0 aromatic carbocycles. The number of amides is 1. The van der Waals surface area contributed by atoms with Crippen LogP contribution in [-0.2, 0) is 4.79 Å². The fraction of sp³-hybridized carbons (Fsp3) is 0.833. The van der Waals surface area contributed by atoms with Gasteiger partial charge in [0, 0.05) is 26.2 Å². The first-order valence-electron chi connectivity index (χ1n) is 6.14. The molecule has 1 heterocycles. The Bertz CT molecular complexity index is 289. The molecule has 0 saturated carbocycles. The summed E-state index contributed by atoms with van der Waals surface area (Å²) in [5.74, 6) is 0.180.